The molecule has 108 valence electrons. The largest absolute Gasteiger partial charge is 0.310 e. The standard InChI is InChI=1S/C17H22FNS/c1-4-9-19-17(16-10-12(2)20-13(16)3)11-14-5-7-15(18)8-6-14/h5-8,10,17,19H,4,9,11H2,1-3H3. The van der Waals surface area contributed by atoms with Crippen molar-refractivity contribution in [2.75, 3.05) is 6.54 Å². The fraction of sp³-hybridized carbons (Fsp3) is 0.412. The van der Waals surface area contributed by atoms with E-state index < -0.39 is 0 Å². The van der Waals surface area contributed by atoms with Gasteiger partial charge in [0.15, 0.2) is 0 Å². The van der Waals surface area contributed by atoms with Gasteiger partial charge in [-0.05, 0) is 62.6 Å². The maximum atomic E-state index is 13.0. The highest BCUT2D eigenvalue weighted by Crippen LogP contribution is 2.28. The van der Waals surface area contributed by atoms with Crippen LogP contribution < -0.4 is 5.32 Å². The monoisotopic (exact) mass is 291 g/mol. The van der Waals surface area contributed by atoms with Crippen molar-refractivity contribution < 1.29 is 4.39 Å². The molecule has 0 saturated heterocycles. The Balaban J connectivity index is 2.19. The average Bonchev–Trinajstić information content (AvgIpc) is 2.76. The van der Waals surface area contributed by atoms with Crippen LogP contribution in [0.25, 0.3) is 0 Å². The van der Waals surface area contributed by atoms with Crippen LogP contribution in [0.1, 0.15) is 40.3 Å². The molecule has 0 aliphatic heterocycles. The van der Waals surface area contributed by atoms with Gasteiger partial charge in [0.25, 0.3) is 0 Å². The number of thiophene rings is 1. The molecule has 2 aromatic rings. The van der Waals surface area contributed by atoms with Crippen molar-refractivity contribution in [2.45, 2.75) is 39.7 Å². The van der Waals surface area contributed by atoms with Gasteiger partial charge in [-0.25, -0.2) is 4.39 Å². The number of nitrogens with one attached hydrogen (secondary N) is 1. The lowest BCUT2D eigenvalue weighted by Gasteiger charge is -2.19. The first-order valence-corrected chi connectivity index (χ1v) is 7.96. The van der Waals surface area contributed by atoms with Gasteiger partial charge in [-0.15, -0.1) is 11.3 Å². The normalized spacial score (nSPS) is 12.6. The van der Waals surface area contributed by atoms with Crippen LogP contribution in [0.3, 0.4) is 0 Å². The van der Waals surface area contributed by atoms with E-state index in [2.05, 4.69) is 32.2 Å². The predicted octanol–water partition coefficient (Wildman–Crippen LogP) is 4.79. The fourth-order valence-corrected chi connectivity index (χ4v) is 3.45. The van der Waals surface area contributed by atoms with Gasteiger partial charge in [-0.3, -0.25) is 0 Å². The molecule has 0 saturated carbocycles. The zero-order valence-corrected chi connectivity index (χ0v) is 13.2. The van der Waals surface area contributed by atoms with Crippen molar-refractivity contribution in [3.05, 3.63) is 57.0 Å². The van der Waals surface area contributed by atoms with Crippen LogP contribution in [0.4, 0.5) is 4.39 Å². The van der Waals surface area contributed by atoms with Crippen LogP contribution in [0.2, 0.25) is 0 Å². The van der Waals surface area contributed by atoms with Crippen LogP contribution in [0, 0.1) is 19.7 Å². The molecule has 1 unspecified atom stereocenters. The molecule has 1 heterocycles. The first-order valence-electron chi connectivity index (χ1n) is 7.15. The van der Waals surface area contributed by atoms with E-state index in [-0.39, 0.29) is 5.82 Å². The topological polar surface area (TPSA) is 12.0 Å². The summed E-state index contributed by atoms with van der Waals surface area (Å²) in [5.41, 5.74) is 2.55. The number of hydrogen-bond donors (Lipinski definition) is 1. The van der Waals surface area contributed by atoms with Crippen molar-refractivity contribution >= 4 is 11.3 Å². The van der Waals surface area contributed by atoms with E-state index in [1.807, 2.05) is 23.5 Å². The van der Waals surface area contributed by atoms with Crippen LogP contribution >= 0.6 is 11.3 Å². The molecule has 0 aliphatic rings. The van der Waals surface area contributed by atoms with Gasteiger partial charge in [0.1, 0.15) is 5.82 Å². The summed E-state index contributed by atoms with van der Waals surface area (Å²) in [7, 11) is 0. The summed E-state index contributed by atoms with van der Waals surface area (Å²) in [6.45, 7) is 7.50. The summed E-state index contributed by atoms with van der Waals surface area (Å²) in [4.78, 5) is 2.72. The van der Waals surface area contributed by atoms with Crippen LogP contribution in [-0.4, -0.2) is 6.54 Å². The Morgan fingerprint density at radius 1 is 1.20 bits per heavy atom. The summed E-state index contributed by atoms with van der Waals surface area (Å²) in [5.74, 6) is -0.172. The first-order chi connectivity index (χ1) is 9.60. The Morgan fingerprint density at radius 3 is 2.45 bits per heavy atom. The molecule has 0 bridgehead atoms. The van der Waals surface area contributed by atoms with Crippen molar-refractivity contribution in [2.24, 2.45) is 0 Å². The SMILES string of the molecule is CCCNC(Cc1ccc(F)cc1)c1cc(C)sc1C. The second-order valence-corrected chi connectivity index (χ2v) is 6.67. The third-order valence-electron chi connectivity index (χ3n) is 3.45. The summed E-state index contributed by atoms with van der Waals surface area (Å²) >= 11 is 1.84. The molecule has 2 rings (SSSR count). The Bertz CT molecular complexity index is 545. The molecule has 3 heteroatoms. The van der Waals surface area contributed by atoms with Gasteiger partial charge in [0.2, 0.25) is 0 Å². The molecular formula is C17H22FNS. The summed E-state index contributed by atoms with van der Waals surface area (Å²) < 4.78 is 13.0. The molecule has 0 radical (unpaired) electrons. The zero-order chi connectivity index (χ0) is 14.5. The van der Waals surface area contributed by atoms with E-state index in [0.717, 1.165) is 19.4 Å². The summed E-state index contributed by atoms with van der Waals surface area (Å²) in [5, 5.41) is 3.62. The smallest absolute Gasteiger partial charge is 0.123 e. The molecule has 1 atom stereocenters. The Kier molecular flexibility index (Phi) is 5.32. The van der Waals surface area contributed by atoms with E-state index in [0.29, 0.717) is 6.04 Å². The molecule has 1 N–H and O–H groups in total. The van der Waals surface area contributed by atoms with Gasteiger partial charge < -0.3 is 5.32 Å². The van der Waals surface area contributed by atoms with Gasteiger partial charge >= 0.3 is 0 Å². The average molecular weight is 291 g/mol. The van der Waals surface area contributed by atoms with E-state index in [4.69, 9.17) is 0 Å². The second-order valence-electron chi connectivity index (χ2n) is 5.21. The maximum absolute atomic E-state index is 13.0. The number of benzene rings is 1. The Labute approximate surface area is 124 Å². The number of hydrogen-bond acceptors (Lipinski definition) is 2. The number of rotatable bonds is 6. The zero-order valence-electron chi connectivity index (χ0n) is 12.4. The molecule has 0 aliphatic carbocycles. The minimum absolute atomic E-state index is 0.172. The van der Waals surface area contributed by atoms with E-state index in [9.17, 15) is 4.39 Å². The minimum Gasteiger partial charge on any atom is -0.310 e. The minimum atomic E-state index is -0.172. The molecule has 0 fully saturated rings. The van der Waals surface area contributed by atoms with E-state index in [1.165, 1.54) is 33.0 Å². The fourth-order valence-electron chi connectivity index (χ4n) is 2.46. The van der Waals surface area contributed by atoms with Gasteiger partial charge in [0, 0.05) is 15.8 Å². The van der Waals surface area contributed by atoms with Crippen LogP contribution in [0.5, 0.6) is 0 Å². The van der Waals surface area contributed by atoms with Crippen LogP contribution in [0.15, 0.2) is 30.3 Å². The Morgan fingerprint density at radius 2 is 1.90 bits per heavy atom. The molecule has 0 amide bonds. The number of aryl methyl sites for hydroxylation is 2. The van der Waals surface area contributed by atoms with Crippen molar-refractivity contribution in [3.63, 3.8) is 0 Å². The quantitative estimate of drug-likeness (QED) is 0.807. The van der Waals surface area contributed by atoms with E-state index >= 15 is 0 Å². The lowest BCUT2D eigenvalue weighted by molar-refractivity contribution is 0.528. The molecule has 1 nitrogen and oxygen atoms in total. The Hall–Kier alpha value is -1.19. The van der Waals surface area contributed by atoms with Crippen molar-refractivity contribution in [1.82, 2.24) is 5.32 Å². The molecule has 0 spiro atoms. The molecule has 20 heavy (non-hydrogen) atoms. The van der Waals surface area contributed by atoms with Crippen molar-refractivity contribution in [1.29, 1.82) is 0 Å². The van der Waals surface area contributed by atoms with Crippen molar-refractivity contribution in [3.8, 4) is 0 Å². The van der Waals surface area contributed by atoms with E-state index in [1.54, 1.807) is 0 Å². The summed E-state index contributed by atoms with van der Waals surface area (Å²) in [6.07, 6.45) is 2.01. The first kappa shape index (κ1) is 15.2. The van der Waals surface area contributed by atoms with Gasteiger partial charge in [-0.1, -0.05) is 19.1 Å². The highest BCUT2D eigenvalue weighted by Gasteiger charge is 2.16. The molecule has 1 aromatic heterocycles. The van der Waals surface area contributed by atoms with Crippen LogP contribution in [-0.2, 0) is 6.42 Å². The predicted molar refractivity (Wildman–Crippen MR) is 84.9 cm³/mol. The van der Waals surface area contributed by atoms with Gasteiger partial charge in [0.05, 0.1) is 0 Å². The summed E-state index contributed by atoms with van der Waals surface area (Å²) in [6, 6.07) is 9.42. The van der Waals surface area contributed by atoms with Gasteiger partial charge in [-0.2, -0.15) is 0 Å². The highest BCUT2D eigenvalue weighted by molar-refractivity contribution is 7.12. The lowest BCUT2D eigenvalue weighted by atomic mass is 9.99. The second kappa shape index (κ2) is 7.00. The highest BCUT2D eigenvalue weighted by atomic mass is 32.1. The third kappa shape index (κ3) is 3.90. The molecular weight excluding hydrogens is 269 g/mol. The maximum Gasteiger partial charge on any atom is 0.123 e. The third-order valence-corrected chi connectivity index (χ3v) is 4.43. The lowest BCUT2D eigenvalue weighted by Crippen LogP contribution is -2.24. The molecule has 1 aromatic carbocycles. The number of halogens is 1.